The summed E-state index contributed by atoms with van der Waals surface area (Å²) < 4.78 is 2.10. The van der Waals surface area contributed by atoms with Crippen molar-refractivity contribution in [3.63, 3.8) is 0 Å². The van der Waals surface area contributed by atoms with Gasteiger partial charge in [-0.05, 0) is 18.9 Å². The van der Waals surface area contributed by atoms with Crippen molar-refractivity contribution < 1.29 is 0 Å². The number of hydrogen-bond donors (Lipinski definition) is 1. The van der Waals surface area contributed by atoms with Gasteiger partial charge in [0.15, 0.2) is 0 Å². The van der Waals surface area contributed by atoms with Crippen LogP contribution in [0.5, 0.6) is 0 Å². The van der Waals surface area contributed by atoms with Crippen LogP contribution < -0.4 is 5.73 Å². The van der Waals surface area contributed by atoms with Crippen molar-refractivity contribution in [2.75, 3.05) is 5.73 Å². The lowest BCUT2D eigenvalue weighted by Gasteiger charge is -2.07. The fourth-order valence-corrected chi connectivity index (χ4v) is 2.39. The molecule has 0 aliphatic carbocycles. The summed E-state index contributed by atoms with van der Waals surface area (Å²) in [4.78, 5) is 4.72. The van der Waals surface area contributed by atoms with E-state index in [0.29, 0.717) is 0 Å². The lowest BCUT2D eigenvalue weighted by Crippen LogP contribution is -2.04. The molecule has 2 aromatic rings. The molecule has 1 aromatic carbocycles. The lowest BCUT2D eigenvalue weighted by atomic mass is 10.0. The third-order valence-corrected chi connectivity index (χ3v) is 3.37. The van der Waals surface area contributed by atoms with E-state index in [1.807, 2.05) is 6.07 Å². The number of anilines is 1. The van der Waals surface area contributed by atoms with Gasteiger partial charge in [-0.3, -0.25) is 0 Å². The maximum Gasteiger partial charge on any atom is 0.131 e. The van der Waals surface area contributed by atoms with Crippen molar-refractivity contribution in [2.45, 2.75) is 40.2 Å². The number of hydrogen-bond acceptors (Lipinski definition) is 2. The molecular weight excluding hydrogens is 222 g/mol. The number of imidazole rings is 1. The minimum Gasteiger partial charge on any atom is -0.383 e. The Morgan fingerprint density at radius 3 is 2.39 bits per heavy atom. The number of benzene rings is 1. The van der Waals surface area contributed by atoms with Gasteiger partial charge in [0.05, 0.1) is 0 Å². The van der Waals surface area contributed by atoms with E-state index in [4.69, 9.17) is 10.7 Å². The Labute approximate surface area is 109 Å². The maximum absolute atomic E-state index is 6.25. The second-order valence-corrected chi connectivity index (χ2v) is 4.37. The van der Waals surface area contributed by atoms with Gasteiger partial charge in [0.1, 0.15) is 17.3 Å². The van der Waals surface area contributed by atoms with E-state index in [-0.39, 0.29) is 0 Å². The van der Waals surface area contributed by atoms with Crippen LogP contribution in [0.3, 0.4) is 0 Å². The molecule has 1 aromatic heterocycles. The molecule has 0 atom stereocenters. The van der Waals surface area contributed by atoms with Crippen LogP contribution >= 0.6 is 0 Å². The Hall–Kier alpha value is -1.77. The summed E-state index contributed by atoms with van der Waals surface area (Å²) in [5, 5.41) is 0. The van der Waals surface area contributed by atoms with Gasteiger partial charge in [-0.2, -0.15) is 0 Å². The van der Waals surface area contributed by atoms with E-state index < -0.39 is 0 Å². The zero-order chi connectivity index (χ0) is 13.1. The van der Waals surface area contributed by atoms with Crippen LogP contribution in [0.4, 0.5) is 5.82 Å². The van der Waals surface area contributed by atoms with Crippen LogP contribution in [-0.4, -0.2) is 9.55 Å². The lowest BCUT2D eigenvalue weighted by molar-refractivity contribution is 0.713. The predicted molar refractivity (Wildman–Crippen MR) is 76.5 cm³/mol. The van der Waals surface area contributed by atoms with Crippen LogP contribution in [0, 0.1) is 0 Å². The highest BCUT2D eigenvalue weighted by molar-refractivity contribution is 5.73. The summed E-state index contributed by atoms with van der Waals surface area (Å²) in [7, 11) is 0. The first-order valence-corrected chi connectivity index (χ1v) is 6.66. The van der Waals surface area contributed by atoms with Gasteiger partial charge in [-0.1, -0.05) is 38.1 Å². The average molecular weight is 243 g/mol. The Kier molecular flexibility index (Phi) is 3.70. The molecule has 2 N–H and O–H groups in total. The van der Waals surface area contributed by atoms with Crippen molar-refractivity contribution in [3.05, 3.63) is 35.7 Å². The van der Waals surface area contributed by atoms with Crippen molar-refractivity contribution >= 4 is 5.82 Å². The SMILES string of the molecule is CCc1ccccc1-c1nc(CC)n(CC)c1N. The van der Waals surface area contributed by atoms with E-state index in [9.17, 15) is 0 Å². The molecule has 0 saturated heterocycles. The number of aryl methyl sites for hydroxylation is 2. The molecule has 2 rings (SSSR count). The van der Waals surface area contributed by atoms with Crippen molar-refractivity contribution in [1.82, 2.24) is 9.55 Å². The zero-order valence-corrected chi connectivity index (χ0v) is 11.4. The summed E-state index contributed by atoms with van der Waals surface area (Å²) in [6.45, 7) is 7.25. The molecule has 0 aliphatic rings. The van der Waals surface area contributed by atoms with Gasteiger partial charge in [0, 0.05) is 18.5 Å². The summed E-state index contributed by atoms with van der Waals surface area (Å²) in [5.41, 5.74) is 9.65. The fraction of sp³-hybridized carbons (Fsp3) is 0.400. The van der Waals surface area contributed by atoms with Gasteiger partial charge in [-0.25, -0.2) is 4.98 Å². The molecule has 0 aliphatic heterocycles. The smallest absolute Gasteiger partial charge is 0.131 e. The highest BCUT2D eigenvalue weighted by Crippen LogP contribution is 2.29. The molecular formula is C15H21N3. The van der Waals surface area contributed by atoms with Crippen LogP contribution in [0.15, 0.2) is 24.3 Å². The quantitative estimate of drug-likeness (QED) is 0.895. The van der Waals surface area contributed by atoms with E-state index in [1.54, 1.807) is 0 Å². The highest BCUT2D eigenvalue weighted by atomic mass is 15.1. The molecule has 0 amide bonds. The third kappa shape index (κ3) is 2.01. The van der Waals surface area contributed by atoms with E-state index in [2.05, 4.69) is 43.5 Å². The van der Waals surface area contributed by atoms with Crippen LogP contribution in [-0.2, 0) is 19.4 Å². The second kappa shape index (κ2) is 5.25. The Balaban J connectivity index is 2.60. The number of rotatable bonds is 4. The average Bonchev–Trinajstić information content (AvgIpc) is 2.74. The van der Waals surface area contributed by atoms with Gasteiger partial charge < -0.3 is 10.3 Å². The van der Waals surface area contributed by atoms with Gasteiger partial charge in [-0.15, -0.1) is 0 Å². The first-order valence-electron chi connectivity index (χ1n) is 6.66. The minimum absolute atomic E-state index is 0.787. The molecule has 0 bridgehead atoms. The van der Waals surface area contributed by atoms with E-state index >= 15 is 0 Å². The first-order chi connectivity index (χ1) is 8.72. The summed E-state index contributed by atoms with van der Waals surface area (Å²) in [6.07, 6.45) is 1.91. The number of aromatic nitrogens is 2. The number of nitrogens with zero attached hydrogens (tertiary/aromatic N) is 2. The van der Waals surface area contributed by atoms with Crippen LogP contribution in [0.25, 0.3) is 11.3 Å². The first kappa shape index (κ1) is 12.7. The zero-order valence-electron chi connectivity index (χ0n) is 11.4. The largest absolute Gasteiger partial charge is 0.383 e. The molecule has 96 valence electrons. The van der Waals surface area contributed by atoms with Gasteiger partial charge in [0.25, 0.3) is 0 Å². The Bertz CT molecular complexity index is 541. The molecule has 0 fully saturated rings. The monoisotopic (exact) mass is 243 g/mol. The van der Waals surface area contributed by atoms with Gasteiger partial charge in [0.2, 0.25) is 0 Å². The molecule has 3 heteroatoms. The molecule has 0 spiro atoms. The van der Waals surface area contributed by atoms with Crippen LogP contribution in [0.1, 0.15) is 32.2 Å². The third-order valence-electron chi connectivity index (χ3n) is 3.37. The molecule has 0 unspecified atom stereocenters. The van der Waals surface area contributed by atoms with E-state index in [1.165, 1.54) is 11.1 Å². The molecule has 0 radical (unpaired) electrons. The van der Waals surface area contributed by atoms with Crippen molar-refractivity contribution in [1.29, 1.82) is 0 Å². The van der Waals surface area contributed by atoms with E-state index in [0.717, 1.165) is 36.7 Å². The van der Waals surface area contributed by atoms with Crippen molar-refractivity contribution in [3.8, 4) is 11.3 Å². The minimum atomic E-state index is 0.787. The predicted octanol–water partition coefficient (Wildman–Crippen LogP) is 3.28. The molecule has 3 nitrogen and oxygen atoms in total. The fourth-order valence-electron chi connectivity index (χ4n) is 2.39. The molecule has 18 heavy (non-hydrogen) atoms. The maximum atomic E-state index is 6.25. The molecule has 1 heterocycles. The normalized spacial score (nSPS) is 10.8. The summed E-state index contributed by atoms with van der Waals surface area (Å²) >= 11 is 0. The van der Waals surface area contributed by atoms with Gasteiger partial charge >= 0.3 is 0 Å². The topological polar surface area (TPSA) is 43.8 Å². The highest BCUT2D eigenvalue weighted by Gasteiger charge is 2.15. The Morgan fingerprint density at radius 1 is 1.11 bits per heavy atom. The standard InChI is InChI=1S/C15H21N3/c1-4-11-9-7-8-10-12(11)14-15(16)18(6-3)13(5-2)17-14/h7-10H,4-6,16H2,1-3H3. The Morgan fingerprint density at radius 2 is 1.83 bits per heavy atom. The summed E-state index contributed by atoms with van der Waals surface area (Å²) in [5.74, 6) is 1.85. The molecule has 0 saturated carbocycles. The number of nitrogen functional groups attached to an aromatic ring is 1. The second-order valence-electron chi connectivity index (χ2n) is 4.37. The van der Waals surface area contributed by atoms with Crippen molar-refractivity contribution in [2.24, 2.45) is 0 Å². The number of nitrogens with two attached hydrogens (primary N) is 1. The summed E-state index contributed by atoms with van der Waals surface area (Å²) in [6, 6.07) is 8.36. The van der Waals surface area contributed by atoms with Crippen LogP contribution in [0.2, 0.25) is 0 Å².